The number of benzene rings is 3. The molecule has 4 rings (SSSR count). The Balaban J connectivity index is 1.55. The predicted molar refractivity (Wildman–Crippen MR) is 131 cm³/mol. The zero-order chi connectivity index (χ0) is 23.2. The van der Waals surface area contributed by atoms with Crippen LogP contribution in [0.3, 0.4) is 0 Å². The Morgan fingerprint density at radius 1 is 1.09 bits per heavy atom. The average molecular weight is 443 g/mol. The average Bonchev–Trinajstić information content (AvgIpc) is 2.86. The second kappa shape index (κ2) is 10.3. The molecule has 1 aliphatic carbocycles. The fourth-order valence-electron chi connectivity index (χ4n) is 4.61. The molecule has 3 aromatic rings. The van der Waals surface area contributed by atoms with Crippen LogP contribution in [0.4, 0.5) is 0 Å². The fraction of sp³-hybridized carbons (Fsp3) is 0.286. The Morgan fingerprint density at radius 3 is 2.67 bits per heavy atom. The molecule has 1 atom stereocenters. The Hall–Kier alpha value is -3.60. The molecule has 0 saturated carbocycles. The summed E-state index contributed by atoms with van der Waals surface area (Å²) >= 11 is 0. The van der Waals surface area contributed by atoms with Crippen molar-refractivity contribution in [1.29, 1.82) is 0 Å². The van der Waals surface area contributed by atoms with Crippen molar-refractivity contribution in [1.82, 2.24) is 5.32 Å². The smallest absolute Gasteiger partial charge is 0.273 e. The highest BCUT2D eigenvalue weighted by Gasteiger charge is 2.22. The van der Waals surface area contributed by atoms with E-state index in [9.17, 15) is 4.79 Å². The number of carbonyl (C=O) groups excluding carboxylic acids is 1. The first-order chi connectivity index (χ1) is 16.1. The van der Waals surface area contributed by atoms with Crippen LogP contribution in [0.25, 0.3) is 0 Å². The minimum atomic E-state index is -0.308. The lowest BCUT2D eigenvalue weighted by atomic mass is 9.79. The molecule has 5 heteroatoms. The summed E-state index contributed by atoms with van der Waals surface area (Å²) < 4.78 is 6.19. The van der Waals surface area contributed by atoms with Gasteiger partial charge in [-0.15, -0.1) is 0 Å². The lowest BCUT2D eigenvalue weighted by Crippen LogP contribution is -2.29. The standard InChI is InChI=1S/C28H30N2O3/c1-19-17-21(24-14-8-11-20-9-4-6-12-23(20)24)15-16-26(19)33-18-22-10-5-7-13-25(22)27(30-32-3)28(31)29-2/h4-7,9-10,12-13,15-17,24H,8,11,14,18H2,1-3H3,(H,29,31)/b30-27+. The third kappa shape index (κ3) is 4.92. The molecule has 33 heavy (non-hydrogen) atoms. The first-order valence-corrected chi connectivity index (χ1v) is 11.3. The molecule has 0 radical (unpaired) electrons. The van der Waals surface area contributed by atoms with Crippen LogP contribution < -0.4 is 10.1 Å². The van der Waals surface area contributed by atoms with Crippen molar-refractivity contribution in [2.75, 3.05) is 14.2 Å². The number of hydrogen-bond donors (Lipinski definition) is 1. The van der Waals surface area contributed by atoms with Gasteiger partial charge in [0.05, 0.1) is 0 Å². The van der Waals surface area contributed by atoms with E-state index in [1.165, 1.54) is 36.6 Å². The summed E-state index contributed by atoms with van der Waals surface area (Å²) in [5.74, 6) is 0.962. The number of hydrogen-bond acceptors (Lipinski definition) is 4. The highest BCUT2D eigenvalue weighted by Crippen LogP contribution is 2.38. The van der Waals surface area contributed by atoms with Crippen LogP contribution in [0.5, 0.6) is 5.75 Å². The monoisotopic (exact) mass is 442 g/mol. The van der Waals surface area contributed by atoms with Gasteiger partial charge in [-0.2, -0.15) is 0 Å². The zero-order valence-electron chi connectivity index (χ0n) is 19.4. The topological polar surface area (TPSA) is 59.9 Å². The van der Waals surface area contributed by atoms with Crippen molar-refractivity contribution in [2.45, 2.75) is 38.7 Å². The maximum absolute atomic E-state index is 12.3. The van der Waals surface area contributed by atoms with Crippen LogP contribution in [0, 0.1) is 6.92 Å². The molecular formula is C28H30N2O3. The fourth-order valence-corrected chi connectivity index (χ4v) is 4.61. The van der Waals surface area contributed by atoms with E-state index < -0.39 is 0 Å². The Bertz CT molecular complexity index is 1170. The number of nitrogens with zero attached hydrogens (tertiary/aromatic N) is 1. The number of amides is 1. The lowest BCUT2D eigenvalue weighted by molar-refractivity contribution is -0.114. The first kappa shape index (κ1) is 22.6. The normalized spacial score (nSPS) is 15.5. The summed E-state index contributed by atoms with van der Waals surface area (Å²) in [5, 5.41) is 6.54. The third-order valence-electron chi connectivity index (χ3n) is 6.25. The van der Waals surface area contributed by atoms with Crippen LogP contribution >= 0.6 is 0 Å². The molecule has 0 spiro atoms. The van der Waals surface area contributed by atoms with Gasteiger partial charge in [-0.25, -0.2) is 0 Å². The number of aryl methyl sites for hydroxylation is 2. The molecule has 0 fully saturated rings. The van der Waals surface area contributed by atoms with E-state index in [2.05, 4.69) is 59.9 Å². The molecule has 1 aliphatic rings. The summed E-state index contributed by atoms with van der Waals surface area (Å²) in [6.07, 6.45) is 3.55. The van der Waals surface area contributed by atoms with E-state index >= 15 is 0 Å². The minimum absolute atomic E-state index is 0.224. The molecule has 0 bridgehead atoms. The molecule has 0 aromatic heterocycles. The molecule has 0 heterocycles. The minimum Gasteiger partial charge on any atom is -0.489 e. The van der Waals surface area contributed by atoms with Gasteiger partial charge < -0.3 is 14.9 Å². The number of carbonyl (C=O) groups is 1. The van der Waals surface area contributed by atoms with E-state index in [0.717, 1.165) is 23.3 Å². The first-order valence-electron chi connectivity index (χ1n) is 11.3. The molecule has 1 unspecified atom stereocenters. The second-order valence-electron chi connectivity index (χ2n) is 8.32. The quantitative estimate of drug-likeness (QED) is 0.407. The summed E-state index contributed by atoms with van der Waals surface area (Å²) in [6.45, 7) is 2.41. The van der Waals surface area contributed by atoms with Crippen molar-refractivity contribution in [2.24, 2.45) is 5.16 Å². The van der Waals surface area contributed by atoms with Gasteiger partial charge in [-0.05, 0) is 60.1 Å². The largest absolute Gasteiger partial charge is 0.489 e. The van der Waals surface area contributed by atoms with E-state index in [1.807, 2.05) is 24.3 Å². The molecule has 0 saturated heterocycles. The van der Waals surface area contributed by atoms with Crippen molar-refractivity contribution < 1.29 is 14.4 Å². The van der Waals surface area contributed by atoms with Gasteiger partial charge in [0.15, 0.2) is 5.71 Å². The van der Waals surface area contributed by atoms with Gasteiger partial charge in [-0.1, -0.05) is 65.8 Å². The molecule has 5 nitrogen and oxygen atoms in total. The van der Waals surface area contributed by atoms with Crippen LogP contribution in [0.1, 0.15) is 52.1 Å². The van der Waals surface area contributed by atoms with Crippen LogP contribution in [0.2, 0.25) is 0 Å². The highest BCUT2D eigenvalue weighted by atomic mass is 16.6. The molecule has 0 aliphatic heterocycles. The maximum Gasteiger partial charge on any atom is 0.273 e. The van der Waals surface area contributed by atoms with Crippen LogP contribution in [-0.4, -0.2) is 25.8 Å². The molecule has 1 amide bonds. The van der Waals surface area contributed by atoms with Gasteiger partial charge in [0.25, 0.3) is 5.91 Å². The number of fused-ring (bicyclic) bond motifs is 1. The summed E-state index contributed by atoms with van der Waals surface area (Å²) in [4.78, 5) is 17.2. The third-order valence-corrected chi connectivity index (χ3v) is 6.25. The van der Waals surface area contributed by atoms with Crippen molar-refractivity contribution >= 4 is 11.6 Å². The summed E-state index contributed by atoms with van der Waals surface area (Å²) in [6, 6.07) is 22.9. The zero-order valence-corrected chi connectivity index (χ0v) is 19.4. The predicted octanol–water partition coefficient (Wildman–Crippen LogP) is 5.14. The van der Waals surface area contributed by atoms with Gasteiger partial charge in [-0.3, -0.25) is 4.79 Å². The molecule has 3 aromatic carbocycles. The Labute approximate surface area is 195 Å². The van der Waals surface area contributed by atoms with E-state index in [1.54, 1.807) is 7.05 Å². The summed E-state index contributed by atoms with van der Waals surface area (Å²) in [7, 11) is 3.00. The van der Waals surface area contributed by atoms with Gasteiger partial charge >= 0.3 is 0 Å². The maximum atomic E-state index is 12.3. The number of ether oxygens (including phenoxy) is 1. The van der Waals surface area contributed by atoms with Gasteiger partial charge in [0, 0.05) is 18.5 Å². The Morgan fingerprint density at radius 2 is 1.88 bits per heavy atom. The second-order valence-corrected chi connectivity index (χ2v) is 8.32. The molecular weight excluding hydrogens is 412 g/mol. The summed E-state index contributed by atoms with van der Waals surface area (Å²) in [5.41, 5.74) is 7.13. The number of rotatable bonds is 7. The van der Waals surface area contributed by atoms with E-state index in [-0.39, 0.29) is 11.6 Å². The van der Waals surface area contributed by atoms with Gasteiger partial charge in [0.2, 0.25) is 0 Å². The molecule has 1 N–H and O–H groups in total. The van der Waals surface area contributed by atoms with Crippen molar-refractivity contribution in [3.8, 4) is 5.75 Å². The highest BCUT2D eigenvalue weighted by molar-refractivity contribution is 6.45. The number of likely N-dealkylation sites (N-methyl/N-ethyl adjacent to an activating group) is 1. The van der Waals surface area contributed by atoms with Crippen LogP contribution in [0.15, 0.2) is 71.9 Å². The van der Waals surface area contributed by atoms with Crippen molar-refractivity contribution in [3.05, 3.63) is 100 Å². The number of oxime groups is 1. The van der Waals surface area contributed by atoms with Crippen molar-refractivity contribution in [3.63, 3.8) is 0 Å². The number of nitrogens with one attached hydrogen (secondary N) is 1. The molecule has 170 valence electrons. The lowest BCUT2D eigenvalue weighted by Gasteiger charge is -2.26. The SMILES string of the molecule is CNC(=O)/C(=N/OC)c1ccccc1COc1ccc(C2CCCc3ccccc32)cc1C. The van der Waals surface area contributed by atoms with Crippen LogP contribution in [-0.2, 0) is 22.7 Å². The van der Waals surface area contributed by atoms with E-state index in [4.69, 9.17) is 9.57 Å². The van der Waals surface area contributed by atoms with E-state index in [0.29, 0.717) is 18.1 Å². The van der Waals surface area contributed by atoms with Gasteiger partial charge in [0.1, 0.15) is 19.5 Å². The Kier molecular flexibility index (Phi) is 7.08.